The Balaban J connectivity index is 2.10. The highest BCUT2D eigenvalue weighted by atomic mass is 19.1. The summed E-state index contributed by atoms with van der Waals surface area (Å²) < 4.78 is 18.5. The van der Waals surface area contributed by atoms with Crippen LogP contribution in [0.5, 0.6) is 0 Å². The summed E-state index contributed by atoms with van der Waals surface area (Å²) in [4.78, 5) is 13.3. The van der Waals surface area contributed by atoms with Gasteiger partial charge < -0.3 is 15.4 Å². The zero-order chi connectivity index (χ0) is 13.8. The van der Waals surface area contributed by atoms with Crippen LogP contribution in [0.4, 0.5) is 10.1 Å². The summed E-state index contributed by atoms with van der Waals surface area (Å²) in [5.41, 5.74) is 6.55. The number of rotatable bonds is 3. The van der Waals surface area contributed by atoms with Crippen molar-refractivity contribution in [3.8, 4) is 0 Å². The van der Waals surface area contributed by atoms with Gasteiger partial charge in [-0.25, -0.2) is 4.39 Å². The number of carbonyl (C=O) groups excluding carboxylic acids is 1. The number of benzene rings is 1. The van der Waals surface area contributed by atoms with Crippen LogP contribution >= 0.6 is 0 Å². The number of hydrogen-bond acceptors (Lipinski definition) is 4. The summed E-state index contributed by atoms with van der Waals surface area (Å²) in [5, 5.41) is 0. The summed E-state index contributed by atoms with van der Waals surface area (Å²) >= 11 is 0. The van der Waals surface area contributed by atoms with Crippen LogP contribution in [0.15, 0.2) is 24.3 Å². The van der Waals surface area contributed by atoms with Crippen molar-refractivity contribution in [1.29, 1.82) is 0 Å². The highest BCUT2D eigenvalue weighted by molar-refractivity contribution is 5.69. The second kappa shape index (κ2) is 6.02. The second-order valence-corrected chi connectivity index (χ2v) is 5.00. The molecule has 1 aliphatic rings. The number of methoxy groups -OCH3 is 1. The van der Waals surface area contributed by atoms with E-state index in [2.05, 4.69) is 4.74 Å². The molecule has 2 unspecified atom stereocenters. The fourth-order valence-corrected chi connectivity index (χ4v) is 2.62. The summed E-state index contributed by atoms with van der Waals surface area (Å²) in [5.74, 6) is -0.392. The summed E-state index contributed by atoms with van der Waals surface area (Å²) in [6.07, 6.45) is 1.09. The molecule has 1 aromatic carbocycles. The highest BCUT2D eigenvalue weighted by Crippen LogP contribution is 2.26. The van der Waals surface area contributed by atoms with Gasteiger partial charge in [0.2, 0.25) is 0 Å². The topological polar surface area (TPSA) is 55.6 Å². The predicted molar refractivity (Wildman–Crippen MR) is 71.3 cm³/mol. The van der Waals surface area contributed by atoms with Crippen LogP contribution in [0.2, 0.25) is 0 Å². The number of carbonyl (C=O) groups is 1. The minimum Gasteiger partial charge on any atom is -0.469 e. The van der Waals surface area contributed by atoms with E-state index in [0.717, 1.165) is 6.42 Å². The molecular weight excluding hydrogens is 247 g/mol. The van der Waals surface area contributed by atoms with Crippen LogP contribution in [-0.4, -0.2) is 32.2 Å². The number of para-hydroxylation sites is 1. The van der Waals surface area contributed by atoms with E-state index in [1.54, 1.807) is 18.2 Å². The largest absolute Gasteiger partial charge is 0.469 e. The maximum atomic E-state index is 13.8. The van der Waals surface area contributed by atoms with Gasteiger partial charge in [0.05, 0.1) is 19.2 Å². The minimum atomic E-state index is -0.256. The van der Waals surface area contributed by atoms with Crippen molar-refractivity contribution in [2.75, 3.05) is 25.1 Å². The molecule has 0 aromatic heterocycles. The van der Waals surface area contributed by atoms with Crippen molar-refractivity contribution < 1.29 is 13.9 Å². The van der Waals surface area contributed by atoms with Crippen molar-refractivity contribution in [1.82, 2.24) is 0 Å². The van der Waals surface area contributed by atoms with Crippen molar-refractivity contribution in [2.45, 2.75) is 18.9 Å². The van der Waals surface area contributed by atoms with Gasteiger partial charge in [0, 0.05) is 19.1 Å². The Hall–Kier alpha value is -1.62. The third-order valence-electron chi connectivity index (χ3n) is 3.45. The fraction of sp³-hybridized carbons (Fsp3) is 0.500. The fourth-order valence-electron chi connectivity index (χ4n) is 2.62. The number of esters is 1. The van der Waals surface area contributed by atoms with Gasteiger partial charge in [0.1, 0.15) is 5.82 Å². The molecule has 0 radical (unpaired) electrons. The summed E-state index contributed by atoms with van der Waals surface area (Å²) in [7, 11) is 1.37. The second-order valence-electron chi connectivity index (χ2n) is 5.00. The van der Waals surface area contributed by atoms with Crippen LogP contribution in [0, 0.1) is 11.7 Å². The van der Waals surface area contributed by atoms with Crippen molar-refractivity contribution in [3.63, 3.8) is 0 Å². The van der Waals surface area contributed by atoms with Crippen LogP contribution in [-0.2, 0) is 9.53 Å². The monoisotopic (exact) mass is 266 g/mol. The van der Waals surface area contributed by atoms with Gasteiger partial charge in [-0.3, -0.25) is 4.79 Å². The molecule has 0 aliphatic carbocycles. The van der Waals surface area contributed by atoms with E-state index in [1.807, 2.05) is 4.90 Å². The Morgan fingerprint density at radius 3 is 2.89 bits per heavy atom. The lowest BCUT2D eigenvalue weighted by Gasteiger charge is -2.37. The van der Waals surface area contributed by atoms with E-state index in [9.17, 15) is 9.18 Å². The molecular formula is C14H19FN2O2. The average Bonchev–Trinajstić information content (AvgIpc) is 2.38. The van der Waals surface area contributed by atoms with Crippen molar-refractivity contribution >= 4 is 11.7 Å². The van der Waals surface area contributed by atoms with E-state index in [0.29, 0.717) is 25.2 Å². The molecule has 4 nitrogen and oxygen atoms in total. The first-order chi connectivity index (χ1) is 9.10. The molecule has 2 rings (SSSR count). The van der Waals surface area contributed by atoms with Gasteiger partial charge in [-0.2, -0.15) is 0 Å². The number of nitrogens with zero attached hydrogens (tertiary/aromatic N) is 1. The molecule has 19 heavy (non-hydrogen) atoms. The maximum absolute atomic E-state index is 13.8. The summed E-state index contributed by atoms with van der Waals surface area (Å²) in [6, 6.07) is 6.58. The first kappa shape index (κ1) is 13.8. The SMILES string of the molecule is COC(=O)CC1CC(N)CN(c2ccccc2F)C1. The Bertz CT molecular complexity index is 453. The van der Waals surface area contributed by atoms with Crippen LogP contribution in [0.25, 0.3) is 0 Å². The van der Waals surface area contributed by atoms with Crippen molar-refractivity contribution in [3.05, 3.63) is 30.1 Å². The normalized spacial score (nSPS) is 23.2. The van der Waals surface area contributed by atoms with Gasteiger partial charge in [-0.15, -0.1) is 0 Å². The van der Waals surface area contributed by atoms with Crippen LogP contribution in [0.3, 0.4) is 0 Å². The first-order valence-corrected chi connectivity index (χ1v) is 6.42. The zero-order valence-electron chi connectivity index (χ0n) is 11.0. The summed E-state index contributed by atoms with van der Waals surface area (Å²) in [6.45, 7) is 1.24. The third kappa shape index (κ3) is 3.44. The minimum absolute atomic E-state index is 0.0528. The lowest BCUT2D eigenvalue weighted by Crippen LogP contribution is -2.47. The van der Waals surface area contributed by atoms with Gasteiger partial charge >= 0.3 is 5.97 Å². The number of halogens is 1. The molecule has 0 spiro atoms. The molecule has 1 fully saturated rings. The standard InChI is InChI=1S/C14H19FN2O2/c1-19-14(18)7-10-6-11(16)9-17(8-10)13-5-3-2-4-12(13)15/h2-5,10-11H,6-9,16H2,1H3. The Kier molecular flexibility index (Phi) is 4.37. The first-order valence-electron chi connectivity index (χ1n) is 6.42. The number of hydrogen-bond donors (Lipinski definition) is 1. The molecule has 2 N–H and O–H groups in total. The van der Waals surface area contributed by atoms with E-state index < -0.39 is 0 Å². The van der Waals surface area contributed by atoms with Gasteiger partial charge in [0.15, 0.2) is 0 Å². The van der Waals surface area contributed by atoms with Gasteiger partial charge in [-0.05, 0) is 24.5 Å². The molecule has 0 amide bonds. The lowest BCUT2D eigenvalue weighted by molar-refractivity contribution is -0.141. The lowest BCUT2D eigenvalue weighted by atomic mass is 9.91. The molecule has 5 heteroatoms. The molecule has 1 saturated heterocycles. The Morgan fingerprint density at radius 2 is 2.21 bits per heavy atom. The molecule has 0 bridgehead atoms. The molecule has 1 heterocycles. The molecule has 0 saturated carbocycles. The van der Waals surface area contributed by atoms with E-state index in [4.69, 9.17) is 5.73 Å². The zero-order valence-corrected chi connectivity index (χ0v) is 11.0. The van der Waals surface area contributed by atoms with Gasteiger partial charge in [0.25, 0.3) is 0 Å². The Morgan fingerprint density at radius 1 is 1.47 bits per heavy atom. The van der Waals surface area contributed by atoms with Crippen molar-refractivity contribution in [2.24, 2.45) is 11.7 Å². The molecule has 1 aromatic rings. The number of ether oxygens (including phenoxy) is 1. The quantitative estimate of drug-likeness (QED) is 0.843. The number of piperidine rings is 1. The number of nitrogens with two attached hydrogens (primary N) is 1. The molecule has 2 atom stereocenters. The molecule has 1 aliphatic heterocycles. The molecule has 104 valence electrons. The van der Waals surface area contributed by atoms with Gasteiger partial charge in [-0.1, -0.05) is 12.1 Å². The van der Waals surface area contributed by atoms with E-state index in [-0.39, 0.29) is 23.7 Å². The van der Waals surface area contributed by atoms with Crippen LogP contribution in [0.1, 0.15) is 12.8 Å². The maximum Gasteiger partial charge on any atom is 0.305 e. The number of anilines is 1. The highest BCUT2D eigenvalue weighted by Gasteiger charge is 2.28. The Labute approximate surface area is 112 Å². The smallest absolute Gasteiger partial charge is 0.305 e. The predicted octanol–water partition coefficient (Wildman–Crippen LogP) is 1.54. The average molecular weight is 266 g/mol. The van der Waals surface area contributed by atoms with E-state index in [1.165, 1.54) is 13.2 Å². The third-order valence-corrected chi connectivity index (χ3v) is 3.45. The van der Waals surface area contributed by atoms with Crippen LogP contribution < -0.4 is 10.6 Å². The van der Waals surface area contributed by atoms with E-state index >= 15 is 0 Å².